The Balaban J connectivity index is 1.52. The molecule has 0 aliphatic rings. The molecule has 5 heteroatoms. The molecule has 1 amide bonds. The van der Waals surface area contributed by atoms with Crippen molar-refractivity contribution >= 4 is 28.7 Å². The third kappa shape index (κ3) is 4.47. The molecule has 0 spiro atoms. The average Bonchev–Trinajstić information content (AvgIpc) is 3.04. The first-order valence-corrected chi connectivity index (χ1v) is 10.0. The first-order valence-electron chi connectivity index (χ1n) is 9.05. The van der Waals surface area contributed by atoms with Gasteiger partial charge in [0.1, 0.15) is 0 Å². The Morgan fingerprint density at radius 1 is 1.12 bits per heavy atom. The SMILES string of the molecule is CCn1c(SCC(=O)N(C)CCCc2ccccc2)nc2ccccc21. The highest BCUT2D eigenvalue weighted by Gasteiger charge is 2.14. The van der Waals surface area contributed by atoms with Gasteiger partial charge >= 0.3 is 0 Å². The van der Waals surface area contributed by atoms with Crippen molar-refractivity contribution in [3.63, 3.8) is 0 Å². The fraction of sp³-hybridized carbons (Fsp3) is 0.333. The van der Waals surface area contributed by atoms with E-state index in [9.17, 15) is 4.79 Å². The summed E-state index contributed by atoms with van der Waals surface area (Å²) in [5.74, 6) is 0.572. The van der Waals surface area contributed by atoms with E-state index in [0.717, 1.165) is 42.1 Å². The molecule has 0 N–H and O–H groups in total. The van der Waals surface area contributed by atoms with Crippen LogP contribution in [0.5, 0.6) is 0 Å². The highest BCUT2D eigenvalue weighted by atomic mass is 32.2. The van der Waals surface area contributed by atoms with Crippen LogP contribution in [0.2, 0.25) is 0 Å². The smallest absolute Gasteiger partial charge is 0.232 e. The molecular weight excluding hydrogens is 342 g/mol. The second-order valence-electron chi connectivity index (χ2n) is 6.32. The first-order chi connectivity index (χ1) is 12.7. The van der Waals surface area contributed by atoms with E-state index in [1.54, 1.807) is 0 Å². The maximum absolute atomic E-state index is 12.4. The number of thioether (sulfide) groups is 1. The van der Waals surface area contributed by atoms with Crippen molar-refractivity contribution in [3.8, 4) is 0 Å². The van der Waals surface area contributed by atoms with E-state index < -0.39 is 0 Å². The summed E-state index contributed by atoms with van der Waals surface area (Å²) >= 11 is 1.52. The van der Waals surface area contributed by atoms with Gasteiger partial charge in [-0.3, -0.25) is 4.79 Å². The third-order valence-corrected chi connectivity index (χ3v) is 5.45. The van der Waals surface area contributed by atoms with Gasteiger partial charge in [0.2, 0.25) is 5.91 Å². The summed E-state index contributed by atoms with van der Waals surface area (Å²) in [6.45, 7) is 3.73. The van der Waals surface area contributed by atoms with Crippen molar-refractivity contribution in [3.05, 3.63) is 60.2 Å². The lowest BCUT2D eigenvalue weighted by Gasteiger charge is -2.17. The normalized spacial score (nSPS) is 11.0. The number of benzene rings is 2. The summed E-state index contributed by atoms with van der Waals surface area (Å²) in [7, 11) is 1.89. The van der Waals surface area contributed by atoms with Gasteiger partial charge < -0.3 is 9.47 Å². The second kappa shape index (κ2) is 8.90. The van der Waals surface area contributed by atoms with E-state index in [0.29, 0.717) is 5.75 Å². The highest BCUT2D eigenvalue weighted by Crippen LogP contribution is 2.24. The molecule has 0 atom stereocenters. The zero-order chi connectivity index (χ0) is 18.4. The van der Waals surface area contributed by atoms with Gasteiger partial charge in [0.15, 0.2) is 5.16 Å². The maximum atomic E-state index is 12.4. The van der Waals surface area contributed by atoms with Gasteiger partial charge in [-0.05, 0) is 37.5 Å². The summed E-state index contributed by atoms with van der Waals surface area (Å²) in [5, 5.41) is 0.916. The highest BCUT2D eigenvalue weighted by molar-refractivity contribution is 7.99. The Kier molecular flexibility index (Phi) is 6.34. The lowest BCUT2D eigenvalue weighted by molar-refractivity contribution is -0.127. The number of carbonyl (C=O) groups excluding carboxylic acids is 1. The lowest BCUT2D eigenvalue weighted by atomic mass is 10.1. The number of rotatable bonds is 8. The molecule has 1 heterocycles. The number of para-hydroxylation sites is 2. The Bertz CT molecular complexity index is 860. The molecule has 1 aromatic heterocycles. The molecule has 136 valence electrons. The van der Waals surface area contributed by atoms with Crippen molar-refractivity contribution in [1.82, 2.24) is 14.5 Å². The van der Waals surface area contributed by atoms with Gasteiger partial charge in [0.25, 0.3) is 0 Å². The Morgan fingerprint density at radius 3 is 2.62 bits per heavy atom. The van der Waals surface area contributed by atoms with Crippen LogP contribution in [0.1, 0.15) is 18.9 Å². The van der Waals surface area contributed by atoms with Gasteiger partial charge in [-0.2, -0.15) is 0 Å². The minimum absolute atomic E-state index is 0.151. The standard InChI is InChI=1S/C21H25N3OS/c1-3-24-19-14-8-7-13-18(19)22-21(24)26-16-20(25)23(2)15-9-12-17-10-5-4-6-11-17/h4-8,10-11,13-14H,3,9,12,15-16H2,1-2H3. The Morgan fingerprint density at radius 2 is 1.85 bits per heavy atom. The van der Waals surface area contributed by atoms with E-state index in [-0.39, 0.29) is 5.91 Å². The summed E-state index contributed by atoms with van der Waals surface area (Å²) < 4.78 is 2.17. The predicted octanol–water partition coefficient (Wildman–Crippen LogP) is 4.24. The molecule has 0 radical (unpaired) electrons. The minimum atomic E-state index is 0.151. The number of hydrogen-bond acceptors (Lipinski definition) is 3. The van der Waals surface area contributed by atoms with Gasteiger partial charge in [0, 0.05) is 20.1 Å². The third-order valence-electron chi connectivity index (χ3n) is 4.49. The quantitative estimate of drug-likeness (QED) is 0.559. The number of carbonyl (C=O) groups is 1. The average molecular weight is 368 g/mol. The topological polar surface area (TPSA) is 38.1 Å². The van der Waals surface area contributed by atoms with Crippen LogP contribution in [0.3, 0.4) is 0 Å². The van der Waals surface area contributed by atoms with Crippen molar-refractivity contribution in [2.45, 2.75) is 31.5 Å². The largest absolute Gasteiger partial charge is 0.345 e. The molecule has 0 aliphatic heterocycles. The van der Waals surface area contributed by atoms with Crippen LogP contribution in [0.15, 0.2) is 59.8 Å². The number of amides is 1. The molecular formula is C21H25N3OS. The second-order valence-corrected chi connectivity index (χ2v) is 7.26. The molecule has 0 aliphatic carbocycles. The van der Waals surface area contributed by atoms with Crippen LogP contribution >= 0.6 is 11.8 Å². The van der Waals surface area contributed by atoms with Crippen LogP contribution in [0, 0.1) is 0 Å². The molecule has 2 aromatic carbocycles. The zero-order valence-corrected chi connectivity index (χ0v) is 16.2. The van der Waals surface area contributed by atoms with Crippen LogP contribution in [0.4, 0.5) is 0 Å². The Labute approximate surface area is 159 Å². The number of aryl methyl sites for hydroxylation is 2. The van der Waals surface area contributed by atoms with Crippen LogP contribution in [-0.4, -0.2) is 39.7 Å². The molecule has 0 unspecified atom stereocenters. The molecule has 0 saturated heterocycles. The van der Waals surface area contributed by atoms with Crippen molar-refractivity contribution in [2.24, 2.45) is 0 Å². The summed E-state index contributed by atoms with van der Waals surface area (Å²) in [6, 6.07) is 18.5. The van der Waals surface area contributed by atoms with Crippen molar-refractivity contribution in [2.75, 3.05) is 19.3 Å². The fourth-order valence-corrected chi connectivity index (χ4v) is 4.01. The molecule has 3 aromatic rings. The molecule has 3 rings (SSSR count). The molecule has 0 fully saturated rings. The van der Waals surface area contributed by atoms with E-state index in [1.807, 2.05) is 36.2 Å². The Hall–Kier alpha value is -2.27. The number of hydrogen-bond donors (Lipinski definition) is 0. The minimum Gasteiger partial charge on any atom is -0.345 e. The number of fused-ring (bicyclic) bond motifs is 1. The van der Waals surface area contributed by atoms with Crippen LogP contribution in [0.25, 0.3) is 11.0 Å². The predicted molar refractivity (Wildman–Crippen MR) is 109 cm³/mol. The van der Waals surface area contributed by atoms with Crippen molar-refractivity contribution < 1.29 is 4.79 Å². The summed E-state index contributed by atoms with van der Waals surface area (Å²) in [5.41, 5.74) is 3.43. The summed E-state index contributed by atoms with van der Waals surface area (Å²) in [6.07, 6.45) is 1.97. The van der Waals surface area contributed by atoms with Gasteiger partial charge in [-0.1, -0.05) is 54.2 Å². The van der Waals surface area contributed by atoms with E-state index in [4.69, 9.17) is 0 Å². The zero-order valence-electron chi connectivity index (χ0n) is 15.4. The maximum Gasteiger partial charge on any atom is 0.232 e. The van der Waals surface area contributed by atoms with E-state index >= 15 is 0 Å². The molecule has 26 heavy (non-hydrogen) atoms. The first kappa shape index (κ1) is 18.5. The van der Waals surface area contributed by atoms with Gasteiger partial charge in [-0.25, -0.2) is 4.98 Å². The van der Waals surface area contributed by atoms with Gasteiger partial charge in [-0.15, -0.1) is 0 Å². The van der Waals surface area contributed by atoms with E-state index in [1.165, 1.54) is 17.3 Å². The van der Waals surface area contributed by atoms with Crippen molar-refractivity contribution in [1.29, 1.82) is 0 Å². The lowest BCUT2D eigenvalue weighted by Crippen LogP contribution is -2.29. The van der Waals surface area contributed by atoms with Crippen LogP contribution in [-0.2, 0) is 17.8 Å². The summed E-state index contributed by atoms with van der Waals surface area (Å²) in [4.78, 5) is 18.9. The van der Waals surface area contributed by atoms with Crippen LogP contribution < -0.4 is 0 Å². The van der Waals surface area contributed by atoms with Gasteiger partial charge in [0.05, 0.1) is 16.8 Å². The number of imidazole rings is 1. The molecule has 0 saturated carbocycles. The van der Waals surface area contributed by atoms with E-state index in [2.05, 4.69) is 46.8 Å². The molecule has 0 bridgehead atoms. The molecule has 4 nitrogen and oxygen atoms in total. The number of nitrogens with zero attached hydrogens (tertiary/aromatic N) is 3. The fourth-order valence-electron chi connectivity index (χ4n) is 3.00. The monoisotopic (exact) mass is 367 g/mol. The number of aromatic nitrogens is 2.